The second-order valence-corrected chi connectivity index (χ2v) is 6.69. The zero-order chi connectivity index (χ0) is 23.2. The lowest BCUT2D eigenvalue weighted by molar-refractivity contribution is -0.385. The fourth-order valence-corrected chi connectivity index (χ4v) is 3.22. The summed E-state index contributed by atoms with van der Waals surface area (Å²) in [6, 6.07) is 5.51. The maximum absolute atomic E-state index is 12.9. The molecule has 3 aromatic rings. The topological polar surface area (TPSA) is 140 Å². The molecule has 1 aromatic carbocycles. The Balaban J connectivity index is 1.48. The van der Waals surface area contributed by atoms with Crippen LogP contribution >= 0.6 is 0 Å². The average molecular weight is 448 g/mol. The summed E-state index contributed by atoms with van der Waals surface area (Å²) >= 11 is 0. The van der Waals surface area contributed by atoms with Gasteiger partial charge >= 0.3 is 6.18 Å². The molecule has 0 saturated carbocycles. The largest absolute Gasteiger partial charge is 0.417 e. The Kier molecular flexibility index (Phi) is 4.83. The van der Waals surface area contributed by atoms with Gasteiger partial charge in [0.2, 0.25) is 5.91 Å². The highest BCUT2D eigenvalue weighted by Crippen LogP contribution is 2.31. The van der Waals surface area contributed by atoms with E-state index in [-0.39, 0.29) is 23.6 Å². The first kappa shape index (κ1) is 20.9. The lowest BCUT2D eigenvalue weighted by atomic mass is 10.1. The van der Waals surface area contributed by atoms with Gasteiger partial charge in [0.15, 0.2) is 11.5 Å². The van der Waals surface area contributed by atoms with Crippen molar-refractivity contribution in [1.29, 1.82) is 0 Å². The normalized spacial score (nSPS) is 13.5. The molecule has 4 rings (SSSR count). The summed E-state index contributed by atoms with van der Waals surface area (Å²) in [5.74, 6) is -2.70. The third-order valence-corrected chi connectivity index (χ3v) is 4.72. The average Bonchev–Trinajstić information content (AvgIpc) is 3.25. The number of amides is 3. The standard InChI is InChI=1S/C18H11F3N6O5/c19-18(20,21)9-4-5-12-23-24-13(25(12)7-9)6-22-14(28)8-26-16(29)10-2-1-3-11(27(31)32)15(10)17(26)30/h1-5,7H,6,8H2,(H,22,28). The van der Waals surface area contributed by atoms with Gasteiger partial charge in [0.05, 0.1) is 22.6 Å². The Labute approximate surface area is 175 Å². The van der Waals surface area contributed by atoms with Gasteiger partial charge in [-0.25, -0.2) is 0 Å². The first-order chi connectivity index (χ1) is 15.1. The van der Waals surface area contributed by atoms with Gasteiger partial charge in [-0.2, -0.15) is 13.2 Å². The number of hydrogen-bond donors (Lipinski definition) is 1. The fraction of sp³-hybridized carbons (Fsp3) is 0.167. The second kappa shape index (κ2) is 7.40. The Morgan fingerprint density at radius 1 is 1.12 bits per heavy atom. The molecule has 0 spiro atoms. The van der Waals surface area contributed by atoms with Gasteiger partial charge in [-0.05, 0) is 18.2 Å². The van der Waals surface area contributed by atoms with Crippen LogP contribution in [0, 0.1) is 10.1 Å². The summed E-state index contributed by atoms with van der Waals surface area (Å²) in [6.07, 6.45) is -3.81. The SMILES string of the molecule is O=C(CN1C(=O)c2cccc([N+](=O)[O-])c2C1=O)NCc1nnc2ccc(C(F)(F)F)cn12. The van der Waals surface area contributed by atoms with Gasteiger partial charge in [0.1, 0.15) is 12.1 Å². The fourth-order valence-electron chi connectivity index (χ4n) is 3.22. The second-order valence-electron chi connectivity index (χ2n) is 6.69. The summed E-state index contributed by atoms with van der Waals surface area (Å²) in [7, 11) is 0. The molecule has 0 unspecified atom stereocenters. The number of aromatic nitrogens is 3. The minimum Gasteiger partial charge on any atom is -0.347 e. The molecule has 0 atom stereocenters. The lowest BCUT2D eigenvalue weighted by Crippen LogP contribution is -2.40. The number of nitro groups is 1. The number of alkyl halides is 3. The number of hydrogen-bond acceptors (Lipinski definition) is 7. The number of imide groups is 1. The van der Waals surface area contributed by atoms with Gasteiger partial charge < -0.3 is 5.32 Å². The maximum Gasteiger partial charge on any atom is 0.417 e. The van der Waals surface area contributed by atoms with E-state index in [0.717, 1.165) is 28.8 Å². The third-order valence-electron chi connectivity index (χ3n) is 4.72. The molecule has 0 aliphatic carbocycles. The van der Waals surface area contributed by atoms with Crippen LogP contribution in [0.15, 0.2) is 36.5 Å². The molecule has 1 N–H and O–H groups in total. The summed E-state index contributed by atoms with van der Waals surface area (Å²) in [5.41, 5.74) is -1.97. The van der Waals surface area contributed by atoms with Crippen LogP contribution in [0.3, 0.4) is 0 Å². The van der Waals surface area contributed by atoms with Crippen molar-refractivity contribution in [2.24, 2.45) is 0 Å². The van der Waals surface area contributed by atoms with Crippen LogP contribution in [-0.2, 0) is 17.5 Å². The van der Waals surface area contributed by atoms with Crippen molar-refractivity contribution in [2.75, 3.05) is 6.54 Å². The Bertz CT molecular complexity index is 1300. The molecule has 1 aliphatic heterocycles. The highest BCUT2D eigenvalue weighted by molar-refractivity contribution is 6.24. The van der Waals surface area contributed by atoms with Gasteiger partial charge in [-0.15, -0.1) is 10.2 Å². The van der Waals surface area contributed by atoms with Crippen LogP contribution in [0.25, 0.3) is 5.65 Å². The molecule has 3 heterocycles. The minimum absolute atomic E-state index is 0.0163. The van der Waals surface area contributed by atoms with Crippen molar-refractivity contribution in [3.05, 3.63) is 69.2 Å². The number of rotatable bonds is 5. The number of carbonyl (C=O) groups excluding carboxylic acids is 3. The molecule has 3 amide bonds. The van der Waals surface area contributed by atoms with Crippen LogP contribution < -0.4 is 5.32 Å². The van der Waals surface area contributed by atoms with Crippen molar-refractivity contribution < 1.29 is 32.5 Å². The van der Waals surface area contributed by atoms with Gasteiger partial charge in [-0.3, -0.25) is 33.8 Å². The first-order valence-electron chi connectivity index (χ1n) is 8.89. The number of nitrogens with zero attached hydrogens (tertiary/aromatic N) is 5. The number of fused-ring (bicyclic) bond motifs is 2. The first-order valence-corrected chi connectivity index (χ1v) is 8.89. The number of halogens is 3. The summed E-state index contributed by atoms with van der Waals surface area (Å²) in [5, 5.41) is 20.9. The van der Waals surface area contributed by atoms with E-state index in [2.05, 4.69) is 15.5 Å². The van der Waals surface area contributed by atoms with E-state index in [9.17, 15) is 37.7 Å². The zero-order valence-electron chi connectivity index (χ0n) is 15.8. The highest BCUT2D eigenvalue weighted by Gasteiger charge is 2.41. The molecule has 164 valence electrons. The van der Waals surface area contributed by atoms with Gasteiger partial charge in [-0.1, -0.05) is 6.07 Å². The molecule has 0 fully saturated rings. The van der Waals surface area contributed by atoms with E-state index in [0.29, 0.717) is 4.90 Å². The smallest absolute Gasteiger partial charge is 0.347 e. The van der Waals surface area contributed by atoms with Crippen molar-refractivity contribution >= 4 is 29.1 Å². The molecule has 0 saturated heterocycles. The van der Waals surface area contributed by atoms with Crippen LogP contribution in [0.2, 0.25) is 0 Å². The molecular formula is C18H11F3N6O5. The molecule has 14 heteroatoms. The van der Waals surface area contributed by atoms with E-state index < -0.39 is 52.2 Å². The predicted octanol–water partition coefficient (Wildman–Crippen LogP) is 1.57. The van der Waals surface area contributed by atoms with E-state index in [1.807, 2.05) is 0 Å². The zero-order valence-corrected chi connectivity index (χ0v) is 15.8. The lowest BCUT2D eigenvalue weighted by Gasteiger charge is -2.13. The Morgan fingerprint density at radius 3 is 2.56 bits per heavy atom. The summed E-state index contributed by atoms with van der Waals surface area (Å²) in [6.45, 7) is -1.08. The maximum atomic E-state index is 12.9. The molecule has 0 bridgehead atoms. The summed E-state index contributed by atoms with van der Waals surface area (Å²) < 4.78 is 39.8. The van der Waals surface area contributed by atoms with Crippen molar-refractivity contribution in [2.45, 2.75) is 12.7 Å². The number of carbonyl (C=O) groups is 3. The quantitative estimate of drug-likeness (QED) is 0.355. The Morgan fingerprint density at radius 2 is 1.88 bits per heavy atom. The van der Waals surface area contributed by atoms with E-state index >= 15 is 0 Å². The predicted molar refractivity (Wildman–Crippen MR) is 98.3 cm³/mol. The number of pyridine rings is 1. The molecule has 2 aromatic heterocycles. The van der Waals surface area contributed by atoms with Crippen LogP contribution in [0.5, 0.6) is 0 Å². The van der Waals surface area contributed by atoms with Crippen LogP contribution in [0.1, 0.15) is 32.1 Å². The van der Waals surface area contributed by atoms with Crippen molar-refractivity contribution in [3.8, 4) is 0 Å². The minimum atomic E-state index is -4.59. The van der Waals surface area contributed by atoms with E-state index in [1.165, 1.54) is 12.1 Å². The number of nitrogens with one attached hydrogen (secondary N) is 1. The molecule has 0 radical (unpaired) electrons. The molecule has 32 heavy (non-hydrogen) atoms. The summed E-state index contributed by atoms with van der Waals surface area (Å²) in [4.78, 5) is 48.1. The molecule has 1 aliphatic rings. The van der Waals surface area contributed by atoms with E-state index in [4.69, 9.17) is 0 Å². The molecular weight excluding hydrogens is 437 g/mol. The molecule has 11 nitrogen and oxygen atoms in total. The number of nitro benzene ring substituents is 1. The van der Waals surface area contributed by atoms with Gasteiger partial charge in [0.25, 0.3) is 17.5 Å². The van der Waals surface area contributed by atoms with E-state index in [1.54, 1.807) is 0 Å². The van der Waals surface area contributed by atoms with Crippen molar-refractivity contribution in [3.63, 3.8) is 0 Å². The third kappa shape index (κ3) is 3.51. The number of benzene rings is 1. The highest BCUT2D eigenvalue weighted by atomic mass is 19.4. The van der Waals surface area contributed by atoms with Gasteiger partial charge in [0, 0.05) is 12.3 Å². The van der Waals surface area contributed by atoms with Crippen LogP contribution in [0.4, 0.5) is 18.9 Å². The Hall–Kier alpha value is -4.36. The van der Waals surface area contributed by atoms with Crippen molar-refractivity contribution in [1.82, 2.24) is 24.8 Å². The monoisotopic (exact) mass is 448 g/mol. The van der Waals surface area contributed by atoms with Crippen LogP contribution in [-0.4, -0.2) is 48.7 Å².